The molecule has 0 aliphatic carbocycles. The van der Waals surface area contributed by atoms with Crippen molar-refractivity contribution in [3.8, 4) is 11.5 Å². The zero-order chi connectivity index (χ0) is 21.3. The molecule has 4 atom stereocenters. The third-order valence-corrected chi connectivity index (χ3v) is 4.97. The Kier molecular flexibility index (Phi) is 6.00. The van der Waals surface area contributed by atoms with Crippen LogP contribution in [0.5, 0.6) is 11.5 Å². The molecule has 0 spiro atoms. The summed E-state index contributed by atoms with van der Waals surface area (Å²) >= 11 is 0. The van der Waals surface area contributed by atoms with Crippen LogP contribution in [0.1, 0.15) is 19.4 Å². The summed E-state index contributed by atoms with van der Waals surface area (Å²) in [6, 6.07) is 4.62. The SMILES string of the molecule is C=CCOc1cc(=O)oc2c(C)c(O[C@@H]3OC(C)(C)[C@H](OC)[C@@H](O)[C@H]3O)ccc12. The van der Waals surface area contributed by atoms with Crippen LogP contribution in [0.15, 0.2) is 40.1 Å². The predicted molar refractivity (Wildman–Crippen MR) is 105 cm³/mol. The van der Waals surface area contributed by atoms with Crippen LogP contribution in [-0.2, 0) is 9.47 Å². The second kappa shape index (κ2) is 8.16. The van der Waals surface area contributed by atoms with Crippen LogP contribution in [0.2, 0.25) is 0 Å². The minimum absolute atomic E-state index is 0.242. The summed E-state index contributed by atoms with van der Waals surface area (Å²) < 4.78 is 27.9. The molecule has 8 heteroatoms. The monoisotopic (exact) mass is 406 g/mol. The van der Waals surface area contributed by atoms with Crippen molar-refractivity contribution in [2.24, 2.45) is 0 Å². The Morgan fingerprint density at radius 2 is 1.97 bits per heavy atom. The van der Waals surface area contributed by atoms with Crippen LogP contribution < -0.4 is 15.1 Å². The van der Waals surface area contributed by atoms with Crippen molar-refractivity contribution in [3.05, 3.63) is 46.8 Å². The fraction of sp³-hybridized carbons (Fsp3) is 0.476. The molecule has 29 heavy (non-hydrogen) atoms. The van der Waals surface area contributed by atoms with Gasteiger partial charge in [-0.3, -0.25) is 0 Å². The first-order valence-electron chi connectivity index (χ1n) is 9.24. The smallest absolute Gasteiger partial charge is 0.339 e. The Morgan fingerprint density at radius 1 is 1.24 bits per heavy atom. The number of hydrogen-bond acceptors (Lipinski definition) is 8. The van der Waals surface area contributed by atoms with E-state index in [4.69, 9.17) is 23.4 Å². The van der Waals surface area contributed by atoms with Crippen molar-refractivity contribution < 1.29 is 33.6 Å². The number of rotatable bonds is 6. The minimum Gasteiger partial charge on any atom is -0.489 e. The van der Waals surface area contributed by atoms with Gasteiger partial charge in [-0.05, 0) is 32.9 Å². The van der Waals surface area contributed by atoms with Crippen LogP contribution >= 0.6 is 0 Å². The van der Waals surface area contributed by atoms with E-state index in [2.05, 4.69) is 6.58 Å². The molecule has 1 aromatic carbocycles. The highest BCUT2D eigenvalue weighted by Crippen LogP contribution is 2.36. The molecule has 0 amide bonds. The van der Waals surface area contributed by atoms with E-state index >= 15 is 0 Å². The summed E-state index contributed by atoms with van der Waals surface area (Å²) in [4.78, 5) is 11.9. The largest absolute Gasteiger partial charge is 0.489 e. The molecule has 0 bridgehead atoms. The maximum Gasteiger partial charge on any atom is 0.339 e. The van der Waals surface area contributed by atoms with Gasteiger partial charge in [0.15, 0.2) is 0 Å². The van der Waals surface area contributed by atoms with E-state index in [0.717, 1.165) is 0 Å². The molecule has 1 fully saturated rings. The summed E-state index contributed by atoms with van der Waals surface area (Å²) in [6.45, 7) is 9.03. The van der Waals surface area contributed by atoms with Gasteiger partial charge in [-0.25, -0.2) is 4.79 Å². The predicted octanol–water partition coefficient (Wildman–Crippen LogP) is 1.92. The molecule has 0 saturated carbocycles. The van der Waals surface area contributed by atoms with Gasteiger partial charge in [0.25, 0.3) is 0 Å². The number of ether oxygens (including phenoxy) is 4. The lowest BCUT2D eigenvalue weighted by molar-refractivity contribution is -0.306. The van der Waals surface area contributed by atoms with Crippen molar-refractivity contribution in [2.75, 3.05) is 13.7 Å². The quantitative estimate of drug-likeness (QED) is 0.553. The van der Waals surface area contributed by atoms with Crippen molar-refractivity contribution in [3.63, 3.8) is 0 Å². The second-order valence-corrected chi connectivity index (χ2v) is 7.44. The number of fused-ring (bicyclic) bond motifs is 1. The summed E-state index contributed by atoms with van der Waals surface area (Å²) in [5.41, 5.74) is -0.638. The van der Waals surface area contributed by atoms with Crippen LogP contribution in [0.4, 0.5) is 0 Å². The molecule has 3 rings (SSSR count). The van der Waals surface area contributed by atoms with Crippen molar-refractivity contribution in [1.82, 2.24) is 0 Å². The molecule has 2 N–H and O–H groups in total. The van der Waals surface area contributed by atoms with Crippen molar-refractivity contribution >= 4 is 11.0 Å². The van der Waals surface area contributed by atoms with Gasteiger partial charge in [-0.15, -0.1) is 0 Å². The maximum atomic E-state index is 11.9. The first kappa shape index (κ1) is 21.3. The first-order valence-corrected chi connectivity index (χ1v) is 9.24. The summed E-state index contributed by atoms with van der Waals surface area (Å²) in [5, 5.41) is 21.4. The van der Waals surface area contributed by atoms with E-state index in [0.29, 0.717) is 28.0 Å². The number of methoxy groups -OCH3 is 1. The number of benzene rings is 1. The van der Waals surface area contributed by atoms with Crippen molar-refractivity contribution in [2.45, 2.75) is 51.0 Å². The topological polar surface area (TPSA) is 108 Å². The van der Waals surface area contributed by atoms with E-state index < -0.39 is 35.8 Å². The Labute approximate surface area is 168 Å². The summed E-state index contributed by atoms with van der Waals surface area (Å²) in [6.07, 6.45) is -2.83. The van der Waals surface area contributed by atoms with E-state index in [1.807, 2.05) is 0 Å². The van der Waals surface area contributed by atoms with Crippen LogP contribution in [-0.4, -0.2) is 54.1 Å². The fourth-order valence-electron chi connectivity index (χ4n) is 3.54. The molecule has 1 aromatic heterocycles. The lowest BCUT2D eigenvalue weighted by atomic mass is 9.89. The third kappa shape index (κ3) is 4.02. The molecule has 2 heterocycles. The molecule has 1 aliphatic heterocycles. The van der Waals surface area contributed by atoms with Gasteiger partial charge >= 0.3 is 5.63 Å². The lowest BCUT2D eigenvalue weighted by Crippen LogP contribution is -2.63. The molecular weight excluding hydrogens is 380 g/mol. The number of hydrogen-bond donors (Lipinski definition) is 2. The highest BCUT2D eigenvalue weighted by molar-refractivity contribution is 5.87. The van der Waals surface area contributed by atoms with Gasteiger partial charge in [0, 0.05) is 12.7 Å². The number of aryl methyl sites for hydroxylation is 1. The highest BCUT2D eigenvalue weighted by atomic mass is 16.7. The molecule has 158 valence electrons. The Bertz CT molecular complexity index is 948. The van der Waals surface area contributed by atoms with Gasteiger partial charge in [0.1, 0.15) is 42.0 Å². The molecule has 8 nitrogen and oxygen atoms in total. The standard InChI is InChI=1S/C21H26O8/c1-6-9-26-14-10-15(22)28-18-11(2)13(8-7-12(14)18)27-20-17(24)16(23)19(25-5)21(3,4)29-20/h6-8,10,16-17,19-20,23-24H,1,9H2,2-5H3/t16-,17+,19+,20+/m0/s1. The average molecular weight is 406 g/mol. The average Bonchev–Trinajstić information content (AvgIpc) is 2.66. The van der Waals surface area contributed by atoms with E-state index in [9.17, 15) is 15.0 Å². The second-order valence-electron chi connectivity index (χ2n) is 7.44. The molecule has 0 radical (unpaired) electrons. The molecule has 1 aliphatic rings. The van der Waals surface area contributed by atoms with Crippen molar-refractivity contribution in [1.29, 1.82) is 0 Å². The molecular formula is C21H26O8. The van der Waals surface area contributed by atoms with Gasteiger partial charge in [0.2, 0.25) is 6.29 Å². The van der Waals surface area contributed by atoms with Gasteiger partial charge in [-0.2, -0.15) is 0 Å². The Morgan fingerprint density at radius 3 is 2.62 bits per heavy atom. The first-order chi connectivity index (χ1) is 13.7. The summed E-state index contributed by atoms with van der Waals surface area (Å²) in [5.74, 6) is 0.712. The minimum atomic E-state index is -1.34. The Balaban J connectivity index is 1.96. The maximum absolute atomic E-state index is 11.9. The van der Waals surface area contributed by atoms with E-state index in [-0.39, 0.29) is 6.61 Å². The van der Waals surface area contributed by atoms with Crippen LogP contribution in [0.3, 0.4) is 0 Å². The molecule has 1 saturated heterocycles. The number of aliphatic hydroxyl groups excluding tert-OH is 2. The fourth-order valence-corrected chi connectivity index (χ4v) is 3.54. The summed E-state index contributed by atoms with van der Waals surface area (Å²) in [7, 11) is 1.44. The normalized spacial score (nSPS) is 26.3. The van der Waals surface area contributed by atoms with E-state index in [1.54, 1.807) is 39.0 Å². The number of aliphatic hydroxyl groups is 2. The van der Waals surface area contributed by atoms with Gasteiger partial charge in [-0.1, -0.05) is 12.7 Å². The van der Waals surface area contributed by atoms with Gasteiger partial charge in [0.05, 0.1) is 17.1 Å². The lowest BCUT2D eigenvalue weighted by Gasteiger charge is -2.46. The highest BCUT2D eigenvalue weighted by Gasteiger charge is 2.50. The molecule has 2 aromatic rings. The van der Waals surface area contributed by atoms with Gasteiger partial charge < -0.3 is 33.6 Å². The zero-order valence-corrected chi connectivity index (χ0v) is 16.9. The van der Waals surface area contributed by atoms with E-state index in [1.165, 1.54) is 13.2 Å². The van der Waals surface area contributed by atoms with Crippen LogP contribution in [0.25, 0.3) is 11.0 Å². The third-order valence-electron chi connectivity index (χ3n) is 4.97. The molecule has 0 unspecified atom stereocenters. The Hall–Kier alpha value is -2.39. The van der Waals surface area contributed by atoms with Crippen LogP contribution in [0, 0.1) is 6.92 Å². The zero-order valence-electron chi connectivity index (χ0n) is 16.9.